The molecule has 3 aromatic rings. The van der Waals surface area contributed by atoms with Crippen molar-refractivity contribution < 1.29 is 22.7 Å². The summed E-state index contributed by atoms with van der Waals surface area (Å²) in [6.07, 6.45) is 0.424. The molecule has 0 atom stereocenters. The van der Waals surface area contributed by atoms with Crippen molar-refractivity contribution in [2.24, 2.45) is 0 Å². The molecule has 6 nitrogen and oxygen atoms in total. The first-order valence-corrected chi connectivity index (χ1v) is 12.8. The Morgan fingerprint density at radius 2 is 1.59 bits per heavy atom. The summed E-state index contributed by atoms with van der Waals surface area (Å²) in [6.45, 7) is 0.579. The quantitative estimate of drug-likeness (QED) is 0.229. The summed E-state index contributed by atoms with van der Waals surface area (Å²) >= 11 is 17.9. The Labute approximate surface area is 214 Å². The number of ether oxygens (including phenoxy) is 2. The zero-order valence-corrected chi connectivity index (χ0v) is 21.3. The minimum atomic E-state index is -3.82. The van der Waals surface area contributed by atoms with E-state index in [1.165, 1.54) is 35.7 Å². The zero-order chi connectivity index (χ0) is 24.7. The number of halogens is 3. The van der Waals surface area contributed by atoms with E-state index in [9.17, 15) is 13.2 Å². The third-order valence-electron chi connectivity index (χ3n) is 4.90. The van der Waals surface area contributed by atoms with Crippen molar-refractivity contribution in [3.8, 4) is 5.75 Å². The molecule has 10 heteroatoms. The standard InChI is InChI=1S/C24H22Cl3NO5S/c1-32-24(29)18-5-3-17(4-6-18)16-28(34(30,31)21-10-7-19(25)8-11-21)13-2-14-33-20-9-12-22(26)23(27)15-20/h3-12,15H,2,13-14,16H2,1H3. The Morgan fingerprint density at radius 3 is 2.21 bits per heavy atom. The maximum Gasteiger partial charge on any atom is 0.337 e. The maximum atomic E-state index is 13.4. The largest absolute Gasteiger partial charge is 0.493 e. The van der Waals surface area contributed by atoms with Crippen LogP contribution in [-0.4, -0.2) is 39.0 Å². The molecule has 0 N–H and O–H groups in total. The van der Waals surface area contributed by atoms with Crippen LogP contribution < -0.4 is 4.74 Å². The van der Waals surface area contributed by atoms with E-state index in [1.807, 2.05) is 0 Å². The Bertz CT molecular complexity index is 1230. The van der Waals surface area contributed by atoms with Gasteiger partial charge in [0.15, 0.2) is 0 Å². The van der Waals surface area contributed by atoms with Crippen molar-refractivity contribution in [2.45, 2.75) is 17.9 Å². The van der Waals surface area contributed by atoms with Gasteiger partial charge in [0, 0.05) is 24.2 Å². The van der Waals surface area contributed by atoms with E-state index in [4.69, 9.17) is 44.3 Å². The summed E-state index contributed by atoms with van der Waals surface area (Å²) in [7, 11) is -2.51. The Kier molecular flexibility index (Phi) is 9.22. The second kappa shape index (κ2) is 11.9. The van der Waals surface area contributed by atoms with Gasteiger partial charge in [0.1, 0.15) is 5.75 Å². The molecule has 0 unspecified atom stereocenters. The van der Waals surface area contributed by atoms with Crippen LogP contribution in [0.3, 0.4) is 0 Å². The van der Waals surface area contributed by atoms with Crippen LogP contribution in [0, 0.1) is 0 Å². The third-order valence-corrected chi connectivity index (χ3v) is 7.75. The van der Waals surface area contributed by atoms with Crippen molar-refractivity contribution >= 4 is 50.8 Å². The maximum absolute atomic E-state index is 13.4. The molecule has 0 fully saturated rings. The molecule has 0 radical (unpaired) electrons. The number of hydrogen-bond acceptors (Lipinski definition) is 5. The lowest BCUT2D eigenvalue weighted by Gasteiger charge is -2.23. The van der Waals surface area contributed by atoms with Gasteiger partial charge in [0.05, 0.1) is 34.2 Å². The van der Waals surface area contributed by atoms with Crippen LogP contribution >= 0.6 is 34.8 Å². The van der Waals surface area contributed by atoms with Gasteiger partial charge in [-0.1, -0.05) is 46.9 Å². The minimum Gasteiger partial charge on any atom is -0.493 e. The molecular formula is C24H22Cl3NO5S. The van der Waals surface area contributed by atoms with Crippen molar-refractivity contribution in [3.05, 3.63) is 92.9 Å². The van der Waals surface area contributed by atoms with Gasteiger partial charge >= 0.3 is 5.97 Å². The van der Waals surface area contributed by atoms with Crippen LogP contribution in [0.25, 0.3) is 0 Å². The van der Waals surface area contributed by atoms with Crippen LogP contribution in [0.4, 0.5) is 0 Å². The fourth-order valence-corrected chi connectivity index (χ4v) is 4.99. The average molecular weight is 543 g/mol. The van der Waals surface area contributed by atoms with Gasteiger partial charge < -0.3 is 9.47 Å². The van der Waals surface area contributed by atoms with Gasteiger partial charge in [-0.15, -0.1) is 0 Å². The van der Waals surface area contributed by atoms with Crippen molar-refractivity contribution in [1.82, 2.24) is 4.31 Å². The highest BCUT2D eigenvalue weighted by Crippen LogP contribution is 2.26. The highest BCUT2D eigenvalue weighted by atomic mass is 35.5. The molecule has 0 aliphatic heterocycles. The van der Waals surface area contributed by atoms with E-state index in [0.29, 0.717) is 32.8 Å². The second-order valence-electron chi connectivity index (χ2n) is 7.26. The number of esters is 1. The van der Waals surface area contributed by atoms with Gasteiger partial charge in [0.2, 0.25) is 10.0 Å². The summed E-state index contributed by atoms with van der Waals surface area (Å²) in [5.74, 6) is 0.0801. The fourth-order valence-electron chi connectivity index (χ4n) is 3.11. The zero-order valence-electron chi connectivity index (χ0n) is 18.2. The molecule has 3 rings (SSSR count). The van der Waals surface area contributed by atoms with Crippen molar-refractivity contribution in [1.29, 1.82) is 0 Å². The molecule has 0 amide bonds. The van der Waals surface area contributed by atoms with Crippen LogP contribution in [0.15, 0.2) is 71.6 Å². The predicted octanol–water partition coefficient (Wildman–Crippen LogP) is 6.09. The average Bonchev–Trinajstić information content (AvgIpc) is 2.83. The fraction of sp³-hybridized carbons (Fsp3) is 0.208. The molecule has 0 heterocycles. The predicted molar refractivity (Wildman–Crippen MR) is 133 cm³/mol. The Hall–Kier alpha value is -2.29. The van der Waals surface area contributed by atoms with E-state index < -0.39 is 16.0 Å². The number of methoxy groups -OCH3 is 1. The van der Waals surface area contributed by atoms with Gasteiger partial charge in [-0.05, 0) is 60.5 Å². The number of nitrogens with zero attached hydrogens (tertiary/aromatic N) is 1. The summed E-state index contributed by atoms with van der Waals surface area (Å²) in [5.41, 5.74) is 1.10. The number of carbonyl (C=O) groups excluding carboxylic acids is 1. The number of sulfonamides is 1. The molecule has 0 aliphatic carbocycles. The first kappa shape index (κ1) is 26.3. The first-order chi connectivity index (χ1) is 16.2. The van der Waals surface area contributed by atoms with Gasteiger partial charge in [-0.3, -0.25) is 0 Å². The molecule has 3 aromatic carbocycles. The summed E-state index contributed by atoms with van der Waals surface area (Å²) in [6, 6.07) is 17.5. The van der Waals surface area contributed by atoms with E-state index in [2.05, 4.69) is 0 Å². The van der Waals surface area contributed by atoms with E-state index >= 15 is 0 Å². The number of benzene rings is 3. The highest BCUT2D eigenvalue weighted by Gasteiger charge is 2.24. The van der Waals surface area contributed by atoms with Crippen LogP contribution in [-0.2, 0) is 21.3 Å². The molecule has 180 valence electrons. The monoisotopic (exact) mass is 541 g/mol. The number of carbonyl (C=O) groups is 1. The third kappa shape index (κ3) is 6.87. The molecular weight excluding hydrogens is 521 g/mol. The highest BCUT2D eigenvalue weighted by molar-refractivity contribution is 7.89. The molecule has 0 aromatic heterocycles. The second-order valence-corrected chi connectivity index (χ2v) is 10.4. The smallest absolute Gasteiger partial charge is 0.337 e. The lowest BCUT2D eigenvalue weighted by Crippen LogP contribution is -2.32. The lowest BCUT2D eigenvalue weighted by molar-refractivity contribution is 0.0600. The molecule has 0 saturated heterocycles. The molecule has 0 bridgehead atoms. The lowest BCUT2D eigenvalue weighted by atomic mass is 10.1. The Morgan fingerprint density at radius 1 is 0.912 bits per heavy atom. The van der Waals surface area contributed by atoms with Gasteiger partial charge in [-0.2, -0.15) is 4.31 Å². The first-order valence-electron chi connectivity index (χ1n) is 10.2. The van der Waals surface area contributed by atoms with Crippen LogP contribution in [0.1, 0.15) is 22.3 Å². The molecule has 0 spiro atoms. The van der Waals surface area contributed by atoms with Gasteiger partial charge in [-0.25, -0.2) is 13.2 Å². The summed E-state index contributed by atoms with van der Waals surface area (Å²) < 4.78 is 38.5. The van der Waals surface area contributed by atoms with Crippen molar-refractivity contribution in [2.75, 3.05) is 20.3 Å². The molecule has 0 aliphatic rings. The SMILES string of the molecule is COC(=O)c1ccc(CN(CCCOc2ccc(Cl)c(Cl)c2)S(=O)(=O)c2ccc(Cl)cc2)cc1. The summed E-state index contributed by atoms with van der Waals surface area (Å²) in [4.78, 5) is 11.8. The van der Waals surface area contributed by atoms with Crippen LogP contribution in [0.2, 0.25) is 15.1 Å². The minimum absolute atomic E-state index is 0.110. The molecule has 0 saturated carbocycles. The van der Waals surface area contributed by atoms with Crippen LogP contribution in [0.5, 0.6) is 5.75 Å². The molecule has 34 heavy (non-hydrogen) atoms. The topological polar surface area (TPSA) is 72.9 Å². The van der Waals surface area contributed by atoms with Crippen molar-refractivity contribution in [3.63, 3.8) is 0 Å². The van der Waals surface area contributed by atoms with E-state index in [1.54, 1.807) is 42.5 Å². The van der Waals surface area contributed by atoms with Gasteiger partial charge in [0.25, 0.3) is 0 Å². The number of hydrogen-bond donors (Lipinski definition) is 0. The van der Waals surface area contributed by atoms with E-state index in [-0.39, 0.29) is 24.6 Å². The number of rotatable bonds is 10. The summed E-state index contributed by atoms with van der Waals surface area (Å²) in [5, 5.41) is 1.24. The normalized spacial score (nSPS) is 11.4. The Balaban J connectivity index is 1.74. The van der Waals surface area contributed by atoms with E-state index in [0.717, 1.165) is 5.56 Å².